The van der Waals surface area contributed by atoms with Crippen LogP contribution in [0.5, 0.6) is 0 Å². The first-order valence-corrected chi connectivity index (χ1v) is 6.65. The molecule has 0 aliphatic heterocycles. The second-order valence-corrected chi connectivity index (χ2v) is 6.47. The summed E-state index contributed by atoms with van der Waals surface area (Å²) in [6.45, 7) is 9.98. The minimum absolute atomic E-state index is 0.0764. The number of aryl methyl sites for hydroxylation is 1. The highest BCUT2D eigenvalue weighted by Gasteiger charge is 2.21. The lowest BCUT2D eigenvalue weighted by Gasteiger charge is -2.26. The Bertz CT molecular complexity index is 404. The van der Waals surface area contributed by atoms with Gasteiger partial charge in [0.25, 0.3) is 5.91 Å². The van der Waals surface area contributed by atoms with Crippen LogP contribution < -0.4 is 0 Å². The van der Waals surface area contributed by atoms with Gasteiger partial charge in [-0.25, -0.2) is 0 Å². The minimum Gasteiger partial charge on any atom is -0.343 e. The average Bonchev–Trinajstić information content (AvgIpc) is 2.55. The first-order valence-electron chi connectivity index (χ1n) is 5.85. The molecule has 0 radical (unpaired) electrons. The Balaban J connectivity index is 2.88. The van der Waals surface area contributed by atoms with Crippen LogP contribution in [0.15, 0.2) is 16.7 Å². The Morgan fingerprint density at radius 1 is 1.47 bits per heavy atom. The van der Waals surface area contributed by atoms with Crippen molar-refractivity contribution in [2.24, 2.45) is 5.41 Å². The molecule has 4 heteroatoms. The van der Waals surface area contributed by atoms with Gasteiger partial charge in [0.2, 0.25) is 0 Å². The Hall–Kier alpha value is -0.770. The van der Waals surface area contributed by atoms with E-state index in [9.17, 15) is 4.79 Å². The fourth-order valence-corrected chi connectivity index (χ4v) is 2.36. The van der Waals surface area contributed by atoms with Crippen molar-refractivity contribution >= 4 is 21.8 Å². The Morgan fingerprint density at radius 3 is 2.53 bits per heavy atom. The van der Waals surface area contributed by atoms with E-state index in [0.29, 0.717) is 0 Å². The zero-order valence-corrected chi connectivity index (χ0v) is 12.8. The lowest BCUT2D eigenvalue weighted by Crippen LogP contribution is -2.35. The van der Waals surface area contributed by atoms with E-state index in [4.69, 9.17) is 0 Å². The average molecular weight is 301 g/mol. The summed E-state index contributed by atoms with van der Waals surface area (Å²) >= 11 is 3.41. The highest BCUT2D eigenvalue weighted by Crippen LogP contribution is 2.19. The molecule has 0 aliphatic rings. The molecule has 0 spiro atoms. The van der Waals surface area contributed by atoms with E-state index in [-0.39, 0.29) is 11.3 Å². The van der Waals surface area contributed by atoms with Crippen molar-refractivity contribution in [3.8, 4) is 0 Å². The number of hydrogen-bond donors (Lipinski definition) is 0. The van der Waals surface area contributed by atoms with Crippen LogP contribution in [-0.4, -0.2) is 29.0 Å². The second-order valence-electron chi connectivity index (χ2n) is 5.55. The van der Waals surface area contributed by atoms with E-state index in [1.54, 1.807) is 4.90 Å². The van der Waals surface area contributed by atoms with Crippen LogP contribution in [0.3, 0.4) is 0 Å². The van der Waals surface area contributed by atoms with Gasteiger partial charge in [0, 0.05) is 30.8 Å². The highest BCUT2D eigenvalue weighted by atomic mass is 79.9. The van der Waals surface area contributed by atoms with Crippen LogP contribution in [0.2, 0.25) is 0 Å². The molecule has 3 nitrogen and oxygen atoms in total. The maximum Gasteiger partial charge on any atom is 0.270 e. The lowest BCUT2D eigenvalue weighted by atomic mass is 9.96. The first-order chi connectivity index (χ1) is 7.74. The third-order valence-corrected chi connectivity index (χ3v) is 2.91. The molecule has 96 valence electrons. The molecule has 1 heterocycles. The van der Waals surface area contributed by atoms with E-state index in [2.05, 4.69) is 36.7 Å². The fourth-order valence-electron chi connectivity index (χ4n) is 1.89. The molecule has 0 saturated heterocycles. The van der Waals surface area contributed by atoms with Gasteiger partial charge in [-0.15, -0.1) is 0 Å². The standard InChI is InChI=1S/C13H21BrN2O/c1-6-16-8-10(14)7-11(16)12(17)15(5)9-13(2,3)4/h7-8H,6,9H2,1-5H3. The van der Waals surface area contributed by atoms with E-state index in [0.717, 1.165) is 23.3 Å². The van der Waals surface area contributed by atoms with Crippen LogP contribution in [-0.2, 0) is 6.54 Å². The van der Waals surface area contributed by atoms with Gasteiger partial charge in [0.1, 0.15) is 5.69 Å². The lowest BCUT2D eigenvalue weighted by molar-refractivity contribution is 0.0735. The number of halogens is 1. The predicted molar refractivity (Wildman–Crippen MR) is 74.2 cm³/mol. The zero-order valence-electron chi connectivity index (χ0n) is 11.2. The number of aromatic nitrogens is 1. The van der Waals surface area contributed by atoms with Gasteiger partial charge in [-0.2, -0.15) is 0 Å². The molecule has 0 fully saturated rings. The van der Waals surface area contributed by atoms with Crippen LogP contribution >= 0.6 is 15.9 Å². The molecule has 0 unspecified atom stereocenters. The number of hydrogen-bond acceptors (Lipinski definition) is 1. The summed E-state index contributed by atoms with van der Waals surface area (Å²) in [5, 5.41) is 0. The van der Waals surface area contributed by atoms with E-state index in [1.807, 2.05) is 30.8 Å². The van der Waals surface area contributed by atoms with Gasteiger partial charge in [-0.05, 0) is 34.3 Å². The Kier molecular flexibility index (Phi) is 4.42. The summed E-state index contributed by atoms with van der Waals surface area (Å²) in [6.07, 6.45) is 1.94. The maximum atomic E-state index is 12.3. The van der Waals surface area contributed by atoms with Crippen molar-refractivity contribution in [3.63, 3.8) is 0 Å². The molecule has 1 amide bonds. The quantitative estimate of drug-likeness (QED) is 0.840. The van der Waals surface area contributed by atoms with Gasteiger partial charge in [0.05, 0.1) is 0 Å². The van der Waals surface area contributed by atoms with Crippen LogP contribution in [0.1, 0.15) is 38.2 Å². The van der Waals surface area contributed by atoms with Crippen molar-refractivity contribution < 1.29 is 4.79 Å². The van der Waals surface area contributed by atoms with Crippen LogP contribution in [0, 0.1) is 5.41 Å². The number of carbonyl (C=O) groups excluding carboxylic acids is 1. The molecule has 0 aliphatic carbocycles. The van der Waals surface area contributed by atoms with Crippen molar-refractivity contribution in [2.45, 2.75) is 34.2 Å². The summed E-state index contributed by atoms with van der Waals surface area (Å²) < 4.78 is 2.91. The number of rotatable bonds is 3. The molecule has 0 atom stereocenters. The summed E-state index contributed by atoms with van der Waals surface area (Å²) in [4.78, 5) is 14.1. The molecule has 17 heavy (non-hydrogen) atoms. The monoisotopic (exact) mass is 300 g/mol. The van der Waals surface area contributed by atoms with Crippen molar-refractivity contribution in [3.05, 3.63) is 22.4 Å². The molecule has 0 saturated carbocycles. The van der Waals surface area contributed by atoms with Crippen molar-refractivity contribution in [1.82, 2.24) is 9.47 Å². The molecule has 0 aromatic carbocycles. The minimum atomic E-state index is 0.0764. The van der Waals surface area contributed by atoms with Gasteiger partial charge in [-0.1, -0.05) is 20.8 Å². The normalized spacial score (nSPS) is 11.6. The molecule has 1 aromatic rings. The number of nitrogens with zero attached hydrogens (tertiary/aromatic N) is 2. The largest absolute Gasteiger partial charge is 0.343 e. The van der Waals surface area contributed by atoms with Gasteiger partial charge in [0.15, 0.2) is 0 Å². The molecular formula is C13H21BrN2O. The summed E-state index contributed by atoms with van der Waals surface area (Å²) in [7, 11) is 1.86. The number of amides is 1. The summed E-state index contributed by atoms with van der Waals surface area (Å²) in [5.41, 5.74) is 0.858. The van der Waals surface area contributed by atoms with Crippen LogP contribution in [0.4, 0.5) is 0 Å². The second kappa shape index (κ2) is 5.25. The molecular weight excluding hydrogens is 280 g/mol. The Labute approximate surface area is 112 Å². The number of carbonyl (C=O) groups is 1. The van der Waals surface area contributed by atoms with Gasteiger partial charge >= 0.3 is 0 Å². The molecule has 1 aromatic heterocycles. The van der Waals surface area contributed by atoms with Crippen LogP contribution in [0.25, 0.3) is 0 Å². The van der Waals surface area contributed by atoms with E-state index < -0.39 is 0 Å². The van der Waals surface area contributed by atoms with Gasteiger partial charge in [-0.3, -0.25) is 4.79 Å². The molecule has 0 N–H and O–H groups in total. The van der Waals surface area contributed by atoms with Crippen molar-refractivity contribution in [2.75, 3.05) is 13.6 Å². The summed E-state index contributed by atoms with van der Waals surface area (Å²) in [5.74, 6) is 0.0764. The maximum absolute atomic E-state index is 12.3. The smallest absolute Gasteiger partial charge is 0.270 e. The molecule has 1 rings (SSSR count). The SMILES string of the molecule is CCn1cc(Br)cc1C(=O)N(C)CC(C)(C)C. The van der Waals surface area contributed by atoms with E-state index in [1.165, 1.54) is 0 Å². The van der Waals surface area contributed by atoms with Gasteiger partial charge < -0.3 is 9.47 Å². The Morgan fingerprint density at radius 2 is 2.06 bits per heavy atom. The molecule has 0 bridgehead atoms. The zero-order chi connectivity index (χ0) is 13.2. The van der Waals surface area contributed by atoms with Crippen molar-refractivity contribution in [1.29, 1.82) is 0 Å². The fraction of sp³-hybridized carbons (Fsp3) is 0.615. The summed E-state index contributed by atoms with van der Waals surface area (Å²) in [6, 6.07) is 1.88. The predicted octanol–water partition coefficient (Wildman–Crippen LogP) is 3.39. The third-order valence-electron chi connectivity index (χ3n) is 2.48. The third kappa shape index (κ3) is 3.87. The highest BCUT2D eigenvalue weighted by molar-refractivity contribution is 9.10. The first kappa shape index (κ1) is 14.3. The van der Waals surface area contributed by atoms with E-state index >= 15 is 0 Å². The topological polar surface area (TPSA) is 25.2 Å².